The average molecular weight is 357 g/mol. The van der Waals surface area contributed by atoms with Crippen molar-refractivity contribution in [3.63, 3.8) is 0 Å². The minimum absolute atomic E-state index is 0.117. The van der Waals surface area contributed by atoms with Gasteiger partial charge in [0, 0.05) is 5.69 Å². The molecule has 2 heterocycles. The monoisotopic (exact) mass is 357 g/mol. The molecule has 1 atom stereocenters. The number of aryl methyl sites for hydroxylation is 2. The number of hydrogen-bond donors (Lipinski definition) is 1. The molecule has 0 aliphatic carbocycles. The van der Waals surface area contributed by atoms with Crippen LogP contribution in [0.3, 0.4) is 0 Å². The van der Waals surface area contributed by atoms with Gasteiger partial charge >= 0.3 is 0 Å². The summed E-state index contributed by atoms with van der Waals surface area (Å²) in [7, 11) is 0. The molecule has 3 rings (SSSR count). The van der Waals surface area contributed by atoms with Crippen LogP contribution in [0.25, 0.3) is 11.5 Å². The Kier molecular flexibility index (Phi) is 5.23. The molecule has 0 radical (unpaired) electrons. The van der Waals surface area contributed by atoms with Crippen molar-refractivity contribution in [2.75, 3.05) is 5.32 Å². The van der Waals surface area contributed by atoms with Gasteiger partial charge in [-0.25, -0.2) is 0 Å². The minimum Gasteiger partial charge on any atom is -0.469 e. The Labute approximate surface area is 150 Å². The lowest BCUT2D eigenvalue weighted by Gasteiger charge is -2.10. The van der Waals surface area contributed by atoms with E-state index in [2.05, 4.69) is 22.4 Å². The molecule has 1 unspecified atom stereocenters. The molecule has 3 aromatic rings. The van der Waals surface area contributed by atoms with E-state index in [-0.39, 0.29) is 11.2 Å². The van der Waals surface area contributed by atoms with Crippen LogP contribution in [0.1, 0.15) is 25.2 Å². The smallest absolute Gasteiger partial charge is 0.277 e. The highest BCUT2D eigenvalue weighted by Crippen LogP contribution is 2.28. The third-order valence-corrected chi connectivity index (χ3v) is 4.71. The summed E-state index contributed by atoms with van der Waals surface area (Å²) >= 11 is 1.22. The molecule has 7 heteroatoms. The topological polar surface area (TPSA) is 81.2 Å². The number of rotatable bonds is 6. The summed E-state index contributed by atoms with van der Waals surface area (Å²) in [5.41, 5.74) is 2.76. The second kappa shape index (κ2) is 7.57. The van der Waals surface area contributed by atoms with Gasteiger partial charge in [0.15, 0.2) is 0 Å². The van der Waals surface area contributed by atoms with Gasteiger partial charge in [-0.15, -0.1) is 10.2 Å². The third kappa shape index (κ3) is 4.11. The molecular formula is C18H19N3O3S. The molecule has 130 valence electrons. The molecule has 0 spiro atoms. The molecule has 0 saturated heterocycles. The van der Waals surface area contributed by atoms with Gasteiger partial charge in [0.1, 0.15) is 5.76 Å². The summed E-state index contributed by atoms with van der Waals surface area (Å²) in [4.78, 5) is 12.3. The van der Waals surface area contributed by atoms with Crippen molar-refractivity contribution in [3.8, 4) is 11.5 Å². The van der Waals surface area contributed by atoms with Gasteiger partial charge in [-0.05, 0) is 44.0 Å². The largest absolute Gasteiger partial charge is 0.469 e. The number of benzene rings is 1. The van der Waals surface area contributed by atoms with E-state index < -0.39 is 0 Å². The van der Waals surface area contributed by atoms with Crippen molar-refractivity contribution < 1.29 is 13.6 Å². The number of anilines is 1. The van der Waals surface area contributed by atoms with Crippen molar-refractivity contribution in [1.82, 2.24) is 10.2 Å². The van der Waals surface area contributed by atoms with E-state index >= 15 is 0 Å². The Balaban J connectivity index is 1.61. The third-order valence-electron chi connectivity index (χ3n) is 3.77. The predicted octanol–water partition coefficient (Wildman–Crippen LogP) is 4.32. The van der Waals surface area contributed by atoms with Crippen LogP contribution < -0.4 is 5.32 Å². The first-order valence-corrected chi connectivity index (χ1v) is 8.89. The van der Waals surface area contributed by atoms with Crippen LogP contribution in [-0.4, -0.2) is 21.4 Å². The summed E-state index contributed by atoms with van der Waals surface area (Å²) in [6.07, 6.45) is 2.54. The highest BCUT2D eigenvalue weighted by molar-refractivity contribution is 8.00. The van der Waals surface area contributed by atoms with E-state index in [9.17, 15) is 4.79 Å². The summed E-state index contributed by atoms with van der Waals surface area (Å²) in [6.45, 7) is 5.72. The molecular weight excluding hydrogens is 338 g/mol. The van der Waals surface area contributed by atoms with E-state index in [1.807, 2.05) is 31.2 Å². The highest BCUT2D eigenvalue weighted by atomic mass is 32.2. The maximum atomic E-state index is 12.3. The number of aromatic nitrogens is 2. The van der Waals surface area contributed by atoms with Gasteiger partial charge in [0.2, 0.25) is 5.91 Å². The lowest BCUT2D eigenvalue weighted by Crippen LogP contribution is -2.22. The van der Waals surface area contributed by atoms with Crippen molar-refractivity contribution >= 4 is 23.4 Å². The van der Waals surface area contributed by atoms with E-state index in [4.69, 9.17) is 8.83 Å². The standard InChI is InChI=1S/C18H19N3O3S/c1-4-13-5-7-14(8-6-13)19-16(22)12(3)25-18-21-20-17(24-18)15-9-10-23-11(15)2/h5-10,12H,4H2,1-3H3,(H,19,22). The van der Waals surface area contributed by atoms with Crippen molar-refractivity contribution in [3.05, 3.63) is 47.9 Å². The van der Waals surface area contributed by atoms with Crippen LogP contribution in [0.15, 0.2) is 50.7 Å². The van der Waals surface area contributed by atoms with Crippen LogP contribution in [0.2, 0.25) is 0 Å². The van der Waals surface area contributed by atoms with Gasteiger partial charge in [0.25, 0.3) is 11.1 Å². The van der Waals surface area contributed by atoms with E-state index in [0.29, 0.717) is 16.9 Å². The van der Waals surface area contributed by atoms with E-state index in [0.717, 1.165) is 17.7 Å². The fourth-order valence-electron chi connectivity index (χ4n) is 2.25. The van der Waals surface area contributed by atoms with Crippen LogP contribution in [0, 0.1) is 6.92 Å². The van der Waals surface area contributed by atoms with Gasteiger partial charge in [-0.1, -0.05) is 30.8 Å². The summed E-state index contributed by atoms with van der Waals surface area (Å²) in [5, 5.41) is 10.9. The maximum absolute atomic E-state index is 12.3. The number of carbonyl (C=O) groups excluding carboxylic acids is 1. The Bertz CT molecular complexity index is 855. The number of furan rings is 1. The number of hydrogen-bond acceptors (Lipinski definition) is 6. The molecule has 1 N–H and O–H groups in total. The predicted molar refractivity (Wildman–Crippen MR) is 96.5 cm³/mol. The zero-order valence-electron chi connectivity index (χ0n) is 14.3. The second-order valence-corrected chi connectivity index (χ2v) is 6.86. The Morgan fingerprint density at radius 2 is 2.00 bits per heavy atom. The van der Waals surface area contributed by atoms with Crippen molar-refractivity contribution in [1.29, 1.82) is 0 Å². The normalized spacial score (nSPS) is 12.1. The van der Waals surface area contributed by atoms with Crippen molar-refractivity contribution in [2.24, 2.45) is 0 Å². The first-order valence-electron chi connectivity index (χ1n) is 8.01. The maximum Gasteiger partial charge on any atom is 0.277 e. The molecule has 0 fully saturated rings. The molecule has 0 aliphatic rings. The first-order chi connectivity index (χ1) is 12.1. The second-order valence-electron chi connectivity index (χ2n) is 5.56. The van der Waals surface area contributed by atoms with Gasteiger partial charge in [-0.3, -0.25) is 4.79 Å². The Hall–Kier alpha value is -2.54. The van der Waals surface area contributed by atoms with Crippen LogP contribution in [0.4, 0.5) is 5.69 Å². The number of thioether (sulfide) groups is 1. The van der Waals surface area contributed by atoms with Crippen LogP contribution >= 0.6 is 11.8 Å². The van der Waals surface area contributed by atoms with Gasteiger partial charge < -0.3 is 14.2 Å². The van der Waals surface area contributed by atoms with Gasteiger partial charge in [-0.2, -0.15) is 0 Å². The van der Waals surface area contributed by atoms with Crippen LogP contribution in [0.5, 0.6) is 0 Å². The molecule has 6 nitrogen and oxygen atoms in total. The zero-order chi connectivity index (χ0) is 17.8. The molecule has 1 aromatic carbocycles. The molecule has 1 amide bonds. The molecule has 0 aliphatic heterocycles. The van der Waals surface area contributed by atoms with Crippen molar-refractivity contribution in [2.45, 2.75) is 37.7 Å². The average Bonchev–Trinajstić information content (AvgIpc) is 3.24. The fourth-order valence-corrected chi connectivity index (χ4v) is 2.93. The number of carbonyl (C=O) groups is 1. The summed E-state index contributed by atoms with van der Waals surface area (Å²) in [6, 6.07) is 9.59. The van der Waals surface area contributed by atoms with E-state index in [1.165, 1.54) is 17.3 Å². The highest BCUT2D eigenvalue weighted by Gasteiger charge is 2.20. The van der Waals surface area contributed by atoms with Gasteiger partial charge in [0.05, 0.1) is 17.1 Å². The Morgan fingerprint density at radius 1 is 1.24 bits per heavy atom. The lowest BCUT2D eigenvalue weighted by molar-refractivity contribution is -0.115. The van der Waals surface area contributed by atoms with E-state index in [1.54, 1.807) is 19.3 Å². The minimum atomic E-state index is -0.371. The summed E-state index contributed by atoms with van der Waals surface area (Å²) in [5.74, 6) is 0.978. The molecule has 2 aromatic heterocycles. The fraction of sp³-hybridized carbons (Fsp3) is 0.278. The first kappa shape index (κ1) is 17.3. The number of amides is 1. The lowest BCUT2D eigenvalue weighted by atomic mass is 10.1. The number of nitrogens with zero attached hydrogens (tertiary/aromatic N) is 2. The Morgan fingerprint density at radius 3 is 2.64 bits per heavy atom. The SMILES string of the molecule is CCc1ccc(NC(=O)C(C)Sc2nnc(-c3ccoc3C)o2)cc1. The quantitative estimate of drug-likeness (QED) is 0.662. The molecule has 25 heavy (non-hydrogen) atoms. The molecule has 0 saturated carbocycles. The zero-order valence-corrected chi connectivity index (χ0v) is 15.1. The molecule has 0 bridgehead atoms. The number of nitrogens with one attached hydrogen (secondary N) is 1. The van der Waals surface area contributed by atoms with Crippen LogP contribution in [-0.2, 0) is 11.2 Å². The summed E-state index contributed by atoms with van der Waals surface area (Å²) < 4.78 is 10.8.